The molecular weight excluding hydrogens is 266 g/mol. The van der Waals surface area contributed by atoms with Gasteiger partial charge in [-0.2, -0.15) is 0 Å². The summed E-state index contributed by atoms with van der Waals surface area (Å²) < 4.78 is 6.48. The lowest BCUT2D eigenvalue weighted by Gasteiger charge is -2.34. The van der Waals surface area contributed by atoms with Crippen molar-refractivity contribution >= 4 is 5.84 Å². The van der Waals surface area contributed by atoms with Crippen LogP contribution in [0, 0.1) is 0 Å². The molecule has 1 aliphatic heterocycles. The van der Waals surface area contributed by atoms with Crippen LogP contribution in [0.25, 0.3) is 0 Å². The number of rotatable bonds is 6. The van der Waals surface area contributed by atoms with Gasteiger partial charge in [0.2, 0.25) is 0 Å². The second-order valence-corrected chi connectivity index (χ2v) is 7.09. The lowest BCUT2D eigenvalue weighted by molar-refractivity contribution is -0.0722. The van der Waals surface area contributed by atoms with Gasteiger partial charge in [0.1, 0.15) is 5.84 Å². The predicted molar refractivity (Wildman–Crippen MR) is 82.5 cm³/mol. The molecule has 120 valence electrons. The number of hydrogen-bond donors (Lipinski definition) is 2. The van der Waals surface area contributed by atoms with Crippen LogP contribution < -0.4 is 5.73 Å². The summed E-state index contributed by atoms with van der Waals surface area (Å²) >= 11 is 0. The van der Waals surface area contributed by atoms with Crippen LogP contribution in [0.15, 0.2) is 5.16 Å². The van der Waals surface area contributed by atoms with Crippen LogP contribution >= 0.6 is 0 Å². The highest BCUT2D eigenvalue weighted by Crippen LogP contribution is 2.42. The molecule has 0 aromatic heterocycles. The standard InChI is InChI=1S/C16H29N3O2/c17-15(18-20)7-11-19(13-4-5-13)12-14-6-10-16(21-14)8-2-1-3-9-16/h13-14,20H,1-12H2,(H2,17,18). The summed E-state index contributed by atoms with van der Waals surface area (Å²) in [5, 5.41) is 11.7. The summed E-state index contributed by atoms with van der Waals surface area (Å²) in [7, 11) is 0. The Morgan fingerprint density at radius 2 is 1.95 bits per heavy atom. The number of hydrogen-bond acceptors (Lipinski definition) is 4. The molecule has 1 spiro atoms. The molecule has 1 atom stereocenters. The van der Waals surface area contributed by atoms with Gasteiger partial charge < -0.3 is 15.7 Å². The van der Waals surface area contributed by atoms with Crippen LogP contribution in [0.2, 0.25) is 0 Å². The Morgan fingerprint density at radius 1 is 1.19 bits per heavy atom. The lowest BCUT2D eigenvalue weighted by atomic mass is 9.83. The first kappa shape index (κ1) is 15.1. The molecule has 1 unspecified atom stereocenters. The van der Waals surface area contributed by atoms with E-state index in [1.165, 1.54) is 57.8 Å². The lowest BCUT2D eigenvalue weighted by Crippen LogP contribution is -2.39. The van der Waals surface area contributed by atoms with Gasteiger partial charge in [-0.3, -0.25) is 4.90 Å². The van der Waals surface area contributed by atoms with Crippen LogP contribution in [0.3, 0.4) is 0 Å². The average molecular weight is 295 g/mol. The molecular formula is C16H29N3O2. The minimum absolute atomic E-state index is 0.212. The van der Waals surface area contributed by atoms with Gasteiger partial charge in [0, 0.05) is 25.6 Å². The van der Waals surface area contributed by atoms with E-state index in [0.717, 1.165) is 13.1 Å². The fourth-order valence-electron chi connectivity index (χ4n) is 4.02. The van der Waals surface area contributed by atoms with E-state index in [1.54, 1.807) is 0 Å². The first-order chi connectivity index (χ1) is 10.2. The fourth-order valence-corrected chi connectivity index (χ4v) is 4.02. The van der Waals surface area contributed by atoms with Crippen molar-refractivity contribution in [2.75, 3.05) is 13.1 Å². The second-order valence-electron chi connectivity index (χ2n) is 7.09. The Labute approximate surface area is 127 Å². The zero-order valence-corrected chi connectivity index (χ0v) is 13.0. The van der Waals surface area contributed by atoms with Crippen LogP contribution in [-0.2, 0) is 4.74 Å². The highest BCUT2D eigenvalue weighted by Gasteiger charge is 2.42. The zero-order valence-electron chi connectivity index (χ0n) is 13.0. The van der Waals surface area contributed by atoms with Crippen molar-refractivity contribution in [1.29, 1.82) is 0 Å². The highest BCUT2D eigenvalue weighted by atomic mass is 16.5. The summed E-state index contributed by atoms with van der Waals surface area (Å²) in [4.78, 5) is 2.49. The predicted octanol–water partition coefficient (Wildman–Crippen LogP) is 2.47. The van der Waals surface area contributed by atoms with Gasteiger partial charge in [-0.1, -0.05) is 24.4 Å². The maximum atomic E-state index is 8.67. The van der Waals surface area contributed by atoms with E-state index < -0.39 is 0 Å². The van der Waals surface area contributed by atoms with Crippen molar-refractivity contribution in [3.05, 3.63) is 0 Å². The number of nitrogens with two attached hydrogens (primary N) is 1. The van der Waals surface area contributed by atoms with Crippen molar-refractivity contribution in [2.24, 2.45) is 10.9 Å². The van der Waals surface area contributed by atoms with E-state index in [4.69, 9.17) is 15.7 Å². The Hall–Kier alpha value is -0.810. The van der Waals surface area contributed by atoms with Crippen molar-refractivity contribution in [3.63, 3.8) is 0 Å². The molecule has 0 aromatic carbocycles. The van der Waals surface area contributed by atoms with Gasteiger partial charge in [-0.25, -0.2) is 0 Å². The van der Waals surface area contributed by atoms with E-state index >= 15 is 0 Å². The molecule has 3 aliphatic rings. The number of oxime groups is 1. The van der Waals surface area contributed by atoms with Crippen LogP contribution in [-0.4, -0.2) is 46.8 Å². The van der Waals surface area contributed by atoms with Gasteiger partial charge in [0.15, 0.2) is 0 Å². The monoisotopic (exact) mass is 295 g/mol. The van der Waals surface area contributed by atoms with Gasteiger partial charge >= 0.3 is 0 Å². The van der Waals surface area contributed by atoms with Crippen molar-refractivity contribution < 1.29 is 9.94 Å². The van der Waals surface area contributed by atoms with Crippen LogP contribution in [0.1, 0.15) is 64.2 Å². The first-order valence-electron chi connectivity index (χ1n) is 8.59. The molecule has 0 amide bonds. The molecule has 0 radical (unpaired) electrons. The molecule has 0 aromatic rings. The van der Waals surface area contributed by atoms with Gasteiger partial charge in [0.05, 0.1) is 11.7 Å². The topological polar surface area (TPSA) is 71.1 Å². The molecule has 21 heavy (non-hydrogen) atoms. The molecule has 5 nitrogen and oxygen atoms in total. The summed E-state index contributed by atoms with van der Waals surface area (Å²) in [6.45, 7) is 1.90. The highest BCUT2D eigenvalue weighted by molar-refractivity contribution is 5.79. The van der Waals surface area contributed by atoms with Gasteiger partial charge in [-0.05, 0) is 38.5 Å². The van der Waals surface area contributed by atoms with E-state index in [2.05, 4.69) is 10.1 Å². The number of nitrogens with zero attached hydrogens (tertiary/aromatic N) is 2. The Morgan fingerprint density at radius 3 is 2.62 bits per heavy atom. The Bertz CT molecular complexity index is 376. The summed E-state index contributed by atoms with van der Waals surface area (Å²) in [6.07, 6.45) is 12.6. The molecule has 3 fully saturated rings. The average Bonchev–Trinajstić information content (AvgIpc) is 3.28. The Kier molecular flexibility index (Phi) is 4.69. The third-order valence-electron chi connectivity index (χ3n) is 5.39. The second kappa shape index (κ2) is 6.53. The summed E-state index contributed by atoms with van der Waals surface area (Å²) in [5.74, 6) is 0.330. The van der Waals surface area contributed by atoms with Crippen molar-refractivity contribution in [3.8, 4) is 0 Å². The Balaban J connectivity index is 1.49. The SMILES string of the molecule is NC(CCN(CC1CCC2(CCCCC2)O1)C1CC1)=NO. The zero-order chi connectivity index (χ0) is 14.7. The minimum Gasteiger partial charge on any atom is -0.409 e. The third-order valence-corrected chi connectivity index (χ3v) is 5.39. The quantitative estimate of drug-likeness (QED) is 0.342. The fraction of sp³-hybridized carbons (Fsp3) is 0.938. The molecule has 0 bridgehead atoms. The molecule has 3 N–H and O–H groups in total. The van der Waals surface area contributed by atoms with Crippen LogP contribution in [0.5, 0.6) is 0 Å². The smallest absolute Gasteiger partial charge is 0.140 e. The van der Waals surface area contributed by atoms with E-state index in [0.29, 0.717) is 24.4 Å². The van der Waals surface area contributed by atoms with Crippen molar-refractivity contribution in [1.82, 2.24) is 4.90 Å². The number of ether oxygens (including phenoxy) is 1. The van der Waals surface area contributed by atoms with Gasteiger partial charge in [0.25, 0.3) is 0 Å². The van der Waals surface area contributed by atoms with E-state index in [9.17, 15) is 0 Å². The molecule has 2 saturated carbocycles. The third kappa shape index (κ3) is 3.89. The maximum Gasteiger partial charge on any atom is 0.140 e. The summed E-state index contributed by atoms with van der Waals surface area (Å²) in [6, 6.07) is 0.697. The largest absolute Gasteiger partial charge is 0.409 e. The molecule has 1 heterocycles. The normalized spacial score (nSPS) is 29.4. The molecule has 2 aliphatic carbocycles. The van der Waals surface area contributed by atoms with E-state index in [-0.39, 0.29) is 5.60 Å². The van der Waals surface area contributed by atoms with Crippen molar-refractivity contribution in [2.45, 2.75) is 82.0 Å². The van der Waals surface area contributed by atoms with E-state index in [1.807, 2.05) is 0 Å². The van der Waals surface area contributed by atoms with Gasteiger partial charge in [-0.15, -0.1) is 0 Å². The number of amidine groups is 1. The molecule has 1 saturated heterocycles. The maximum absolute atomic E-state index is 8.67. The van der Waals surface area contributed by atoms with Crippen LogP contribution in [0.4, 0.5) is 0 Å². The molecule has 5 heteroatoms. The first-order valence-corrected chi connectivity index (χ1v) is 8.59. The molecule has 3 rings (SSSR count). The summed E-state index contributed by atoms with van der Waals surface area (Å²) in [5.41, 5.74) is 5.82. The minimum atomic E-state index is 0.212.